The van der Waals surface area contributed by atoms with Crippen molar-refractivity contribution in [2.75, 3.05) is 5.48 Å². The SMILES string of the molecule is O=[N+]([O-])c1ccc(C2OC(O)C(c3ccc(NO)cc3)OC2O)cc1. The van der Waals surface area contributed by atoms with Crippen LogP contribution in [-0.2, 0) is 9.47 Å². The fourth-order valence-corrected chi connectivity index (χ4v) is 2.60. The Hall–Kier alpha value is -2.56. The molecule has 1 aliphatic rings. The van der Waals surface area contributed by atoms with Crippen LogP contribution in [0.25, 0.3) is 0 Å². The fourth-order valence-electron chi connectivity index (χ4n) is 2.60. The maximum absolute atomic E-state index is 10.7. The molecule has 2 aromatic rings. The third kappa shape index (κ3) is 3.60. The van der Waals surface area contributed by atoms with E-state index in [0.717, 1.165) is 0 Å². The molecule has 3 rings (SSSR count). The van der Waals surface area contributed by atoms with Crippen LogP contribution in [0.4, 0.5) is 11.4 Å². The van der Waals surface area contributed by atoms with Gasteiger partial charge in [0, 0.05) is 12.1 Å². The van der Waals surface area contributed by atoms with Crippen molar-refractivity contribution in [3.8, 4) is 0 Å². The summed E-state index contributed by atoms with van der Waals surface area (Å²) >= 11 is 0. The van der Waals surface area contributed by atoms with Crippen LogP contribution in [0.1, 0.15) is 23.3 Å². The van der Waals surface area contributed by atoms with Gasteiger partial charge in [0.1, 0.15) is 12.2 Å². The second kappa shape index (κ2) is 7.13. The van der Waals surface area contributed by atoms with Gasteiger partial charge >= 0.3 is 0 Å². The molecule has 1 saturated heterocycles. The predicted octanol–water partition coefficient (Wildman–Crippen LogP) is 1.86. The lowest BCUT2D eigenvalue weighted by Gasteiger charge is -2.37. The van der Waals surface area contributed by atoms with Crippen molar-refractivity contribution in [2.45, 2.75) is 24.8 Å². The Morgan fingerprint density at radius 1 is 0.880 bits per heavy atom. The summed E-state index contributed by atoms with van der Waals surface area (Å²) in [5, 5.41) is 39.9. The van der Waals surface area contributed by atoms with Gasteiger partial charge in [-0.05, 0) is 35.4 Å². The van der Waals surface area contributed by atoms with Crippen LogP contribution in [0, 0.1) is 10.1 Å². The Morgan fingerprint density at radius 2 is 1.32 bits per heavy atom. The molecular weight excluding hydrogens is 332 g/mol. The van der Waals surface area contributed by atoms with E-state index in [9.17, 15) is 20.3 Å². The van der Waals surface area contributed by atoms with E-state index >= 15 is 0 Å². The number of aliphatic hydroxyl groups excluding tert-OH is 2. The monoisotopic (exact) mass is 348 g/mol. The summed E-state index contributed by atoms with van der Waals surface area (Å²) < 4.78 is 10.9. The van der Waals surface area contributed by atoms with E-state index in [4.69, 9.17) is 14.7 Å². The minimum absolute atomic E-state index is 0.0917. The van der Waals surface area contributed by atoms with Gasteiger partial charge < -0.3 is 19.7 Å². The molecule has 25 heavy (non-hydrogen) atoms. The van der Waals surface area contributed by atoms with Crippen molar-refractivity contribution in [1.29, 1.82) is 0 Å². The first kappa shape index (κ1) is 17.3. The summed E-state index contributed by atoms with van der Waals surface area (Å²) in [6.07, 6.45) is -4.62. The molecule has 1 heterocycles. The van der Waals surface area contributed by atoms with Gasteiger partial charge in [-0.3, -0.25) is 20.8 Å². The van der Waals surface area contributed by atoms with E-state index in [2.05, 4.69) is 0 Å². The number of rotatable bonds is 4. The average molecular weight is 348 g/mol. The predicted molar refractivity (Wildman–Crippen MR) is 84.6 cm³/mol. The first-order valence-corrected chi connectivity index (χ1v) is 7.41. The number of ether oxygens (including phenoxy) is 2. The molecule has 0 radical (unpaired) electrons. The molecule has 2 aromatic carbocycles. The maximum Gasteiger partial charge on any atom is 0.269 e. The van der Waals surface area contributed by atoms with Gasteiger partial charge in [-0.2, -0.15) is 0 Å². The first-order chi connectivity index (χ1) is 12.0. The van der Waals surface area contributed by atoms with E-state index in [0.29, 0.717) is 16.8 Å². The highest BCUT2D eigenvalue weighted by Crippen LogP contribution is 2.37. The summed E-state index contributed by atoms with van der Waals surface area (Å²) in [5.74, 6) is 0. The second-order valence-electron chi connectivity index (χ2n) is 5.48. The molecule has 0 saturated carbocycles. The van der Waals surface area contributed by atoms with E-state index in [1.807, 2.05) is 5.48 Å². The Kier molecular flexibility index (Phi) is 4.93. The quantitative estimate of drug-likeness (QED) is 0.486. The van der Waals surface area contributed by atoms with Crippen molar-refractivity contribution in [3.63, 3.8) is 0 Å². The van der Waals surface area contributed by atoms with Crippen LogP contribution in [0.3, 0.4) is 0 Å². The molecule has 1 fully saturated rings. The van der Waals surface area contributed by atoms with Crippen LogP contribution in [0.5, 0.6) is 0 Å². The van der Waals surface area contributed by atoms with Crippen LogP contribution >= 0.6 is 0 Å². The fraction of sp³-hybridized carbons (Fsp3) is 0.250. The summed E-state index contributed by atoms with van der Waals surface area (Å²) in [4.78, 5) is 10.2. The highest BCUT2D eigenvalue weighted by atomic mass is 16.7. The lowest BCUT2D eigenvalue weighted by molar-refractivity contribution is -0.384. The number of non-ortho nitro benzene ring substituents is 1. The molecule has 9 nitrogen and oxygen atoms in total. The Bertz CT molecular complexity index is 735. The number of nitro benzene ring substituents is 1. The Labute approximate surface area is 142 Å². The van der Waals surface area contributed by atoms with Gasteiger partial charge in [-0.25, -0.2) is 0 Å². The lowest BCUT2D eigenvalue weighted by Crippen LogP contribution is -2.40. The highest BCUT2D eigenvalue weighted by Gasteiger charge is 2.38. The van der Waals surface area contributed by atoms with Crippen molar-refractivity contribution in [1.82, 2.24) is 0 Å². The second-order valence-corrected chi connectivity index (χ2v) is 5.48. The number of benzene rings is 2. The number of nitrogens with zero attached hydrogens (tertiary/aromatic N) is 1. The highest BCUT2D eigenvalue weighted by molar-refractivity contribution is 5.43. The third-order valence-corrected chi connectivity index (χ3v) is 3.89. The molecule has 132 valence electrons. The molecule has 0 aromatic heterocycles. The van der Waals surface area contributed by atoms with Gasteiger partial charge in [-0.15, -0.1) is 0 Å². The largest absolute Gasteiger partial charge is 0.366 e. The topological polar surface area (TPSA) is 134 Å². The van der Waals surface area contributed by atoms with Crippen molar-refractivity contribution < 1.29 is 29.8 Å². The number of nitro groups is 1. The molecule has 0 aliphatic carbocycles. The zero-order valence-corrected chi connectivity index (χ0v) is 12.9. The zero-order chi connectivity index (χ0) is 18.0. The van der Waals surface area contributed by atoms with Gasteiger partial charge in [0.15, 0.2) is 12.6 Å². The summed E-state index contributed by atoms with van der Waals surface area (Å²) in [7, 11) is 0. The average Bonchev–Trinajstić information content (AvgIpc) is 2.63. The van der Waals surface area contributed by atoms with E-state index in [-0.39, 0.29) is 5.69 Å². The summed E-state index contributed by atoms with van der Waals surface area (Å²) in [6.45, 7) is 0. The minimum atomic E-state index is -1.37. The number of anilines is 1. The number of nitrogens with one attached hydrogen (secondary N) is 1. The standard InChI is InChI=1S/C16H16N2O7/c19-15-13(9-1-5-11(17-21)6-2-9)24-16(20)14(25-15)10-3-7-12(8-4-10)18(22)23/h1-8,13-17,19-21H. The molecule has 0 amide bonds. The first-order valence-electron chi connectivity index (χ1n) is 7.41. The molecular formula is C16H16N2O7. The summed E-state index contributed by atoms with van der Waals surface area (Å²) in [6, 6.07) is 11.8. The molecule has 4 unspecified atom stereocenters. The van der Waals surface area contributed by atoms with E-state index in [1.54, 1.807) is 24.3 Å². The Balaban J connectivity index is 1.75. The normalized spacial score (nSPS) is 26.2. The molecule has 0 bridgehead atoms. The van der Waals surface area contributed by atoms with E-state index in [1.165, 1.54) is 24.3 Å². The van der Waals surface area contributed by atoms with Gasteiger partial charge in [0.25, 0.3) is 5.69 Å². The van der Waals surface area contributed by atoms with Gasteiger partial charge in [-0.1, -0.05) is 12.1 Å². The maximum atomic E-state index is 10.7. The van der Waals surface area contributed by atoms with Crippen molar-refractivity contribution >= 4 is 11.4 Å². The lowest BCUT2D eigenvalue weighted by atomic mass is 10.0. The summed E-state index contributed by atoms with van der Waals surface area (Å²) in [5.41, 5.74) is 3.34. The molecule has 9 heteroatoms. The molecule has 1 aliphatic heterocycles. The minimum Gasteiger partial charge on any atom is -0.366 e. The Morgan fingerprint density at radius 3 is 1.72 bits per heavy atom. The smallest absolute Gasteiger partial charge is 0.269 e. The van der Waals surface area contributed by atoms with Gasteiger partial charge in [0.05, 0.1) is 10.6 Å². The number of hydrogen-bond donors (Lipinski definition) is 4. The number of aliphatic hydroxyl groups is 2. The number of hydrogen-bond acceptors (Lipinski definition) is 8. The van der Waals surface area contributed by atoms with Crippen LogP contribution in [0.15, 0.2) is 48.5 Å². The van der Waals surface area contributed by atoms with Gasteiger partial charge in [0.2, 0.25) is 0 Å². The van der Waals surface area contributed by atoms with Crippen molar-refractivity contribution in [3.05, 3.63) is 69.8 Å². The molecule has 4 N–H and O–H groups in total. The van der Waals surface area contributed by atoms with Crippen molar-refractivity contribution in [2.24, 2.45) is 0 Å². The molecule has 0 spiro atoms. The molecule has 4 atom stereocenters. The third-order valence-electron chi connectivity index (χ3n) is 3.89. The van der Waals surface area contributed by atoms with Crippen LogP contribution in [-0.4, -0.2) is 32.9 Å². The zero-order valence-electron chi connectivity index (χ0n) is 12.9. The van der Waals surface area contributed by atoms with Crippen LogP contribution < -0.4 is 5.48 Å². The van der Waals surface area contributed by atoms with E-state index < -0.39 is 29.7 Å². The van der Waals surface area contributed by atoms with Crippen LogP contribution in [0.2, 0.25) is 0 Å².